The third-order valence-electron chi connectivity index (χ3n) is 4.12. The molecule has 2 bridgehead atoms. The van der Waals surface area contributed by atoms with Crippen molar-refractivity contribution in [3.63, 3.8) is 0 Å². The number of fused-ring (bicyclic) bond motifs is 4. The molecule has 0 heterocycles. The molecule has 1 saturated carbocycles. The first kappa shape index (κ1) is 8.49. The SMILES string of the molecule is CC1CC2c3ccccc3CC1C2O. The molecule has 74 valence electrons. The second kappa shape index (κ2) is 2.83. The lowest BCUT2D eigenvalue weighted by Crippen LogP contribution is -2.28. The predicted octanol–water partition coefficient (Wildman–Crippen LogP) is 2.34. The normalized spacial score (nSPS) is 39.6. The summed E-state index contributed by atoms with van der Waals surface area (Å²) in [4.78, 5) is 0. The van der Waals surface area contributed by atoms with Gasteiger partial charge in [-0.1, -0.05) is 31.2 Å². The minimum absolute atomic E-state index is 0.0834. The minimum Gasteiger partial charge on any atom is -0.392 e. The molecule has 0 saturated heterocycles. The highest BCUT2D eigenvalue weighted by Crippen LogP contribution is 2.49. The number of hydrogen-bond donors (Lipinski definition) is 1. The van der Waals surface area contributed by atoms with E-state index in [1.54, 1.807) is 0 Å². The molecule has 1 N–H and O–H groups in total. The van der Waals surface area contributed by atoms with E-state index in [4.69, 9.17) is 0 Å². The molecule has 1 heteroatoms. The molecular formula is C13H16O. The van der Waals surface area contributed by atoms with E-state index in [2.05, 4.69) is 31.2 Å². The highest BCUT2D eigenvalue weighted by atomic mass is 16.3. The summed E-state index contributed by atoms with van der Waals surface area (Å²) in [5.41, 5.74) is 2.87. The third-order valence-corrected chi connectivity index (χ3v) is 4.12. The van der Waals surface area contributed by atoms with E-state index < -0.39 is 0 Å². The van der Waals surface area contributed by atoms with Gasteiger partial charge in [-0.15, -0.1) is 0 Å². The second-order valence-electron chi connectivity index (χ2n) is 4.88. The zero-order valence-electron chi connectivity index (χ0n) is 8.48. The van der Waals surface area contributed by atoms with E-state index in [0.29, 0.717) is 17.8 Å². The van der Waals surface area contributed by atoms with Gasteiger partial charge in [0.1, 0.15) is 0 Å². The monoisotopic (exact) mass is 188 g/mol. The highest BCUT2D eigenvalue weighted by Gasteiger charge is 2.44. The van der Waals surface area contributed by atoms with Crippen LogP contribution in [0.15, 0.2) is 24.3 Å². The molecular weight excluding hydrogens is 172 g/mol. The molecule has 1 fully saturated rings. The molecule has 0 aromatic heterocycles. The Bertz CT molecular complexity index is 358. The Labute approximate surface area is 84.8 Å². The van der Waals surface area contributed by atoms with Crippen molar-refractivity contribution in [2.45, 2.75) is 31.8 Å². The number of aliphatic hydroxyl groups excluding tert-OH is 1. The number of hydrogen-bond acceptors (Lipinski definition) is 1. The molecule has 1 nitrogen and oxygen atoms in total. The molecule has 2 aliphatic carbocycles. The molecule has 3 rings (SSSR count). The molecule has 4 unspecified atom stereocenters. The average molecular weight is 188 g/mol. The fourth-order valence-corrected chi connectivity index (χ4v) is 3.32. The zero-order valence-corrected chi connectivity index (χ0v) is 8.48. The first-order valence-corrected chi connectivity index (χ1v) is 5.53. The lowest BCUT2D eigenvalue weighted by molar-refractivity contribution is 0.0989. The first-order valence-electron chi connectivity index (χ1n) is 5.53. The van der Waals surface area contributed by atoms with Gasteiger partial charge in [0.05, 0.1) is 6.10 Å². The summed E-state index contributed by atoms with van der Waals surface area (Å²) >= 11 is 0. The average Bonchev–Trinajstić information content (AvgIpc) is 2.41. The second-order valence-corrected chi connectivity index (χ2v) is 4.88. The Kier molecular flexibility index (Phi) is 1.72. The number of benzene rings is 1. The van der Waals surface area contributed by atoms with Crippen molar-refractivity contribution in [3.8, 4) is 0 Å². The van der Waals surface area contributed by atoms with Crippen LogP contribution in [-0.2, 0) is 6.42 Å². The van der Waals surface area contributed by atoms with Gasteiger partial charge in [-0.05, 0) is 35.8 Å². The molecule has 1 aromatic rings. The molecule has 0 amide bonds. The van der Waals surface area contributed by atoms with Crippen LogP contribution in [0.3, 0.4) is 0 Å². The van der Waals surface area contributed by atoms with E-state index >= 15 is 0 Å². The van der Waals surface area contributed by atoms with E-state index in [-0.39, 0.29) is 6.10 Å². The highest BCUT2D eigenvalue weighted by molar-refractivity contribution is 5.36. The molecule has 4 atom stereocenters. The summed E-state index contributed by atoms with van der Waals surface area (Å²) in [5.74, 6) is 1.61. The summed E-state index contributed by atoms with van der Waals surface area (Å²) in [6.45, 7) is 2.28. The van der Waals surface area contributed by atoms with Crippen LogP contribution in [0.5, 0.6) is 0 Å². The molecule has 1 aromatic carbocycles. The van der Waals surface area contributed by atoms with Gasteiger partial charge < -0.3 is 5.11 Å². The summed E-state index contributed by atoms with van der Waals surface area (Å²) in [6.07, 6.45) is 2.16. The van der Waals surface area contributed by atoms with Gasteiger partial charge in [0.25, 0.3) is 0 Å². The number of aliphatic hydroxyl groups is 1. The van der Waals surface area contributed by atoms with Crippen molar-refractivity contribution >= 4 is 0 Å². The van der Waals surface area contributed by atoms with Crippen molar-refractivity contribution in [2.75, 3.05) is 0 Å². The van der Waals surface area contributed by atoms with Crippen LogP contribution in [0, 0.1) is 11.8 Å². The summed E-state index contributed by atoms with van der Waals surface area (Å²) in [6, 6.07) is 8.62. The quantitative estimate of drug-likeness (QED) is 0.662. The molecule has 0 spiro atoms. The minimum atomic E-state index is -0.0834. The van der Waals surface area contributed by atoms with Crippen molar-refractivity contribution in [3.05, 3.63) is 35.4 Å². The Morgan fingerprint density at radius 1 is 1.29 bits per heavy atom. The Hall–Kier alpha value is -0.820. The molecule has 2 aliphatic rings. The van der Waals surface area contributed by atoms with E-state index in [1.807, 2.05) is 0 Å². The van der Waals surface area contributed by atoms with Crippen LogP contribution in [-0.4, -0.2) is 11.2 Å². The first-order chi connectivity index (χ1) is 6.77. The van der Waals surface area contributed by atoms with Crippen LogP contribution >= 0.6 is 0 Å². The van der Waals surface area contributed by atoms with Crippen LogP contribution in [0.1, 0.15) is 30.4 Å². The fourth-order valence-electron chi connectivity index (χ4n) is 3.32. The Morgan fingerprint density at radius 3 is 2.93 bits per heavy atom. The van der Waals surface area contributed by atoms with Gasteiger partial charge in [0.2, 0.25) is 0 Å². The van der Waals surface area contributed by atoms with E-state index in [0.717, 1.165) is 6.42 Å². The fraction of sp³-hybridized carbons (Fsp3) is 0.538. The standard InChI is InChI=1S/C13H16O/c1-8-6-12-10-5-3-2-4-9(10)7-11(8)13(12)14/h2-5,8,11-14H,6-7H2,1H3. The largest absolute Gasteiger partial charge is 0.392 e. The maximum absolute atomic E-state index is 10.1. The van der Waals surface area contributed by atoms with Gasteiger partial charge in [-0.25, -0.2) is 0 Å². The van der Waals surface area contributed by atoms with Crippen molar-refractivity contribution in [1.29, 1.82) is 0 Å². The summed E-state index contributed by atoms with van der Waals surface area (Å²) in [5, 5.41) is 10.1. The van der Waals surface area contributed by atoms with E-state index in [9.17, 15) is 5.11 Å². The maximum atomic E-state index is 10.1. The molecule has 0 radical (unpaired) electrons. The van der Waals surface area contributed by atoms with Gasteiger partial charge >= 0.3 is 0 Å². The van der Waals surface area contributed by atoms with Gasteiger partial charge in [-0.3, -0.25) is 0 Å². The van der Waals surface area contributed by atoms with E-state index in [1.165, 1.54) is 17.5 Å². The Balaban J connectivity index is 2.10. The summed E-state index contributed by atoms with van der Waals surface area (Å²) in [7, 11) is 0. The van der Waals surface area contributed by atoms with Gasteiger partial charge in [-0.2, -0.15) is 0 Å². The van der Waals surface area contributed by atoms with Crippen molar-refractivity contribution < 1.29 is 5.11 Å². The maximum Gasteiger partial charge on any atom is 0.0642 e. The zero-order chi connectivity index (χ0) is 9.71. The van der Waals surface area contributed by atoms with Crippen LogP contribution < -0.4 is 0 Å². The van der Waals surface area contributed by atoms with Crippen LogP contribution in [0.4, 0.5) is 0 Å². The number of rotatable bonds is 0. The van der Waals surface area contributed by atoms with Gasteiger partial charge in [0.15, 0.2) is 0 Å². The third kappa shape index (κ3) is 0.992. The van der Waals surface area contributed by atoms with Crippen LogP contribution in [0.2, 0.25) is 0 Å². The topological polar surface area (TPSA) is 20.2 Å². The molecule has 0 aliphatic heterocycles. The van der Waals surface area contributed by atoms with Crippen LogP contribution in [0.25, 0.3) is 0 Å². The van der Waals surface area contributed by atoms with Crippen molar-refractivity contribution in [1.82, 2.24) is 0 Å². The Morgan fingerprint density at radius 2 is 2.07 bits per heavy atom. The molecule has 14 heavy (non-hydrogen) atoms. The lowest BCUT2D eigenvalue weighted by Gasteiger charge is -2.28. The lowest BCUT2D eigenvalue weighted by atomic mass is 9.80. The smallest absolute Gasteiger partial charge is 0.0642 e. The van der Waals surface area contributed by atoms with Gasteiger partial charge in [0, 0.05) is 5.92 Å². The van der Waals surface area contributed by atoms with Crippen molar-refractivity contribution in [2.24, 2.45) is 11.8 Å². The summed E-state index contributed by atoms with van der Waals surface area (Å²) < 4.78 is 0. The predicted molar refractivity (Wildman–Crippen MR) is 56.2 cm³/mol.